The van der Waals surface area contributed by atoms with E-state index < -0.39 is 4.92 Å². The molecule has 2 heterocycles. The van der Waals surface area contributed by atoms with Crippen LogP contribution in [0.2, 0.25) is 0 Å². The molecular weight excluding hydrogens is 310 g/mol. The van der Waals surface area contributed by atoms with Gasteiger partial charge < -0.3 is 10.1 Å². The molecule has 0 spiro atoms. The smallest absolute Gasteiger partial charge is 0.275 e. The number of fused-ring (bicyclic) bond motifs is 1. The van der Waals surface area contributed by atoms with Crippen molar-refractivity contribution < 1.29 is 9.66 Å². The average molecular weight is 329 g/mol. The second-order valence-corrected chi connectivity index (χ2v) is 5.48. The fraction of sp³-hybridized carbons (Fsp3) is 0.312. The molecule has 8 nitrogen and oxygen atoms in total. The number of pyridine rings is 1. The van der Waals surface area contributed by atoms with Gasteiger partial charge in [-0.05, 0) is 31.0 Å². The molecule has 0 saturated carbocycles. The van der Waals surface area contributed by atoms with Crippen LogP contribution in [0.4, 0.5) is 5.82 Å². The Balaban J connectivity index is 1.61. The van der Waals surface area contributed by atoms with E-state index >= 15 is 0 Å². The summed E-state index contributed by atoms with van der Waals surface area (Å²) in [5.74, 6) is 0.826. The lowest BCUT2D eigenvalue weighted by atomic mass is 10.2. The van der Waals surface area contributed by atoms with Gasteiger partial charge >= 0.3 is 0 Å². The van der Waals surface area contributed by atoms with Crippen molar-refractivity contribution in [3.8, 4) is 0 Å². The lowest BCUT2D eigenvalue weighted by Crippen LogP contribution is -2.35. The number of nitro groups is 1. The minimum absolute atomic E-state index is 0.0840. The SMILES string of the molecule is O=[N+]([O-])/C=C(/NCC1CCCO1)NNc1ccc2ccccc2n1. The molecule has 0 radical (unpaired) electrons. The molecule has 0 bridgehead atoms. The van der Waals surface area contributed by atoms with Crippen molar-refractivity contribution in [2.24, 2.45) is 0 Å². The van der Waals surface area contributed by atoms with E-state index in [-0.39, 0.29) is 11.9 Å². The van der Waals surface area contributed by atoms with Crippen molar-refractivity contribution in [3.63, 3.8) is 0 Å². The number of ether oxygens (including phenoxy) is 1. The van der Waals surface area contributed by atoms with Gasteiger partial charge in [0.2, 0.25) is 0 Å². The zero-order valence-corrected chi connectivity index (χ0v) is 13.1. The molecule has 3 N–H and O–H groups in total. The molecule has 24 heavy (non-hydrogen) atoms. The van der Waals surface area contributed by atoms with E-state index in [0.29, 0.717) is 12.4 Å². The Morgan fingerprint density at radius 3 is 3.04 bits per heavy atom. The number of hydrazine groups is 1. The quantitative estimate of drug-likeness (QED) is 0.527. The summed E-state index contributed by atoms with van der Waals surface area (Å²) in [5, 5.41) is 14.8. The predicted octanol–water partition coefficient (Wildman–Crippen LogP) is 2.00. The maximum Gasteiger partial charge on any atom is 0.275 e. The number of aromatic nitrogens is 1. The van der Waals surface area contributed by atoms with E-state index in [4.69, 9.17) is 4.74 Å². The minimum Gasteiger partial charge on any atom is -0.376 e. The Hall–Kier alpha value is -2.87. The molecule has 2 aromatic rings. The topological polar surface area (TPSA) is 101 Å². The average Bonchev–Trinajstić information content (AvgIpc) is 3.10. The van der Waals surface area contributed by atoms with Crippen LogP contribution in [0.15, 0.2) is 48.4 Å². The highest BCUT2D eigenvalue weighted by Gasteiger charge is 2.16. The van der Waals surface area contributed by atoms with Crippen molar-refractivity contribution in [2.45, 2.75) is 18.9 Å². The lowest BCUT2D eigenvalue weighted by Gasteiger charge is -2.15. The monoisotopic (exact) mass is 329 g/mol. The molecule has 1 aromatic heterocycles. The van der Waals surface area contributed by atoms with Crippen LogP contribution in [-0.4, -0.2) is 29.2 Å². The van der Waals surface area contributed by atoms with E-state index in [9.17, 15) is 10.1 Å². The van der Waals surface area contributed by atoms with Gasteiger partial charge in [0.15, 0.2) is 5.82 Å². The standard InChI is InChI=1S/C16H19N5O3/c22-21(23)11-16(17-10-13-5-3-9-24-13)20-19-15-8-7-12-4-1-2-6-14(12)18-15/h1-2,4,6-8,11,13,17,20H,3,5,9-10H2,(H,18,19)/b16-11-. The predicted molar refractivity (Wildman–Crippen MR) is 90.6 cm³/mol. The van der Waals surface area contributed by atoms with Gasteiger partial charge in [-0.15, -0.1) is 0 Å². The van der Waals surface area contributed by atoms with Crippen LogP contribution in [0, 0.1) is 10.1 Å². The first-order valence-electron chi connectivity index (χ1n) is 7.79. The molecule has 1 aromatic carbocycles. The second-order valence-electron chi connectivity index (χ2n) is 5.48. The van der Waals surface area contributed by atoms with E-state index in [2.05, 4.69) is 21.2 Å². The summed E-state index contributed by atoms with van der Waals surface area (Å²) in [7, 11) is 0. The molecule has 126 valence electrons. The van der Waals surface area contributed by atoms with Crippen LogP contribution in [0.5, 0.6) is 0 Å². The third kappa shape index (κ3) is 4.32. The summed E-state index contributed by atoms with van der Waals surface area (Å²) in [6.45, 7) is 1.26. The first-order chi connectivity index (χ1) is 11.7. The summed E-state index contributed by atoms with van der Waals surface area (Å²) in [5.41, 5.74) is 6.52. The van der Waals surface area contributed by atoms with E-state index in [1.807, 2.05) is 30.3 Å². The van der Waals surface area contributed by atoms with Gasteiger partial charge in [-0.25, -0.2) is 4.98 Å². The second kappa shape index (κ2) is 7.60. The summed E-state index contributed by atoms with van der Waals surface area (Å²) >= 11 is 0. The number of hydrogen-bond donors (Lipinski definition) is 3. The van der Waals surface area contributed by atoms with Crippen LogP contribution >= 0.6 is 0 Å². The largest absolute Gasteiger partial charge is 0.376 e. The lowest BCUT2D eigenvalue weighted by molar-refractivity contribution is -0.404. The van der Waals surface area contributed by atoms with Crippen molar-refractivity contribution in [2.75, 3.05) is 18.6 Å². The fourth-order valence-corrected chi connectivity index (χ4v) is 2.52. The van der Waals surface area contributed by atoms with Gasteiger partial charge in [0, 0.05) is 18.5 Å². The van der Waals surface area contributed by atoms with Gasteiger partial charge in [0.25, 0.3) is 6.20 Å². The molecule has 3 rings (SSSR count). The van der Waals surface area contributed by atoms with E-state index in [0.717, 1.165) is 36.6 Å². The number of nitrogens with one attached hydrogen (secondary N) is 3. The van der Waals surface area contributed by atoms with Crippen LogP contribution in [-0.2, 0) is 4.74 Å². The Bertz CT molecular complexity index is 743. The molecular formula is C16H19N5O3. The molecule has 1 fully saturated rings. The minimum atomic E-state index is -0.514. The van der Waals surface area contributed by atoms with Crippen LogP contribution in [0.1, 0.15) is 12.8 Å². The molecule has 1 aliphatic rings. The van der Waals surface area contributed by atoms with Gasteiger partial charge in [-0.3, -0.25) is 21.0 Å². The maximum absolute atomic E-state index is 10.8. The van der Waals surface area contributed by atoms with Gasteiger partial charge in [0.05, 0.1) is 16.5 Å². The third-order valence-corrected chi connectivity index (χ3v) is 3.70. The Labute approximate surface area is 139 Å². The van der Waals surface area contributed by atoms with Crippen molar-refractivity contribution in [1.82, 2.24) is 15.7 Å². The summed E-state index contributed by atoms with van der Waals surface area (Å²) < 4.78 is 5.50. The zero-order chi connectivity index (χ0) is 16.8. The van der Waals surface area contributed by atoms with Gasteiger partial charge in [0.1, 0.15) is 5.82 Å². The Kier molecular flexibility index (Phi) is 5.07. The van der Waals surface area contributed by atoms with Gasteiger partial charge in [-0.1, -0.05) is 18.2 Å². The van der Waals surface area contributed by atoms with Crippen LogP contribution < -0.4 is 16.2 Å². The van der Waals surface area contributed by atoms with E-state index in [1.54, 1.807) is 6.07 Å². The fourth-order valence-electron chi connectivity index (χ4n) is 2.52. The van der Waals surface area contributed by atoms with Crippen molar-refractivity contribution >= 4 is 16.7 Å². The molecule has 1 aliphatic heterocycles. The highest BCUT2D eigenvalue weighted by atomic mass is 16.6. The highest BCUT2D eigenvalue weighted by Crippen LogP contribution is 2.14. The summed E-state index contributed by atoms with van der Waals surface area (Å²) in [4.78, 5) is 14.7. The van der Waals surface area contributed by atoms with Crippen LogP contribution in [0.25, 0.3) is 10.9 Å². The number of nitrogens with zero attached hydrogens (tertiary/aromatic N) is 2. The molecule has 8 heteroatoms. The Morgan fingerprint density at radius 2 is 2.25 bits per heavy atom. The molecule has 1 atom stereocenters. The van der Waals surface area contributed by atoms with Crippen molar-refractivity contribution in [1.29, 1.82) is 0 Å². The number of hydrogen-bond acceptors (Lipinski definition) is 7. The first kappa shape index (κ1) is 16.0. The zero-order valence-electron chi connectivity index (χ0n) is 13.1. The van der Waals surface area contributed by atoms with Gasteiger partial charge in [-0.2, -0.15) is 0 Å². The Morgan fingerprint density at radius 1 is 1.38 bits per heavy atom. The highest BCUT2D eigenvalue weighted by molar-refractivity contribution is 5.79. The number of benzene rings is 1. The number of para-hydroxylation sites is 1. The molecule has 1 unspecified atom stereocenters. The number of anilines is 1. The van der Waals surface area contributed by atoms with E-state index in [1.165, 1.54) is 0 Å². The summed E-state index contributed by atoms with van der Waals surface area (Å²) in [6.07, 6.45) is 2.94. The molecule has 1 saturated heterocycles. The molecule has 0 aliphatic carbocycles. The molecule has 0 amide bonds. The third-order valence-electron chi connectivity index (χ3n) is 3.70. The maximum atomic E-state index is 10.8. The first-order valence-corrected chi connectivity index (χ1v) is 7.79. The van der Waals surface area contributed by atoms with Crippen molar-refractivity contribution in [3.05, 3.63) is 58.5 Å². The van der Waals surface area contributed by atoms with Crippen LogP contribution in [0.3, 0.4) is 0 Å². The normalized spacial score (nSPS) is 17.7. The number of rotatable bonds is 7. The summed E-state index contributed by atoms with van der Waals surface area (Å²) in [6, 6.07) is 11.5.